The largest absolute Gasteiger partial charge is 0.466 e. The summed E-state index contributed by atoms with van der Waals surface area (Å²) < 4.78 is 8.93. The molecule has 0 radical (unpaired) electrons. The SMILES string of the molecule is C=C(C)C(=O)OCC.C=C(CC)C(=O)OC. The summed E-state index contributed by atoms with van der Waals surface area (Å²) in [6.07, 6.45) is 0.659. The van der Waals surface area contributed by atoms with E-state index in [1.165, 1.54) is 7.11 Å². The zero-order chi connectivity index (χ0) is 13.1. The van der Waals surface area contributed by atoms with Crippen LogP contribution in [0.15, 0.2) is 24.3 Å². The molecule has 0 aliphatic carbocycles. The molecule has 0 spiro atoms. The number of carbonyl (C=O) groups excluding carboxylic acids is 2. The molecular weight excluding hydrogens is 208 g/mol. The maximum Gasteiger partial charge on any atom is 0.333 e. The summed E-state index contributed by atoms with van der Waals surface area (Å²) in [7, 11) is 1.35. The summed E-state index contributed by atoms with van der Waals surface area (Å²) >= 11 is 0. The molecule has 0 N–H and O–H groups in total. The van der Waals surface area contributed by atoms with Crippen molar-refractivity contribution in [2.45, 2.75) is 27.2 Å². The van der Waals surface area contributed by atoms with Crippen LogP contribution in [0.3, 0.4) is 0 Å². The molecule has 0 saturated carbocycles. The first-order chi connectivity index (χ1) is 7.40. The average Bonchev–Trinajstić information content (AvgIpc) is 2.28. The minimum absolute atomic E-state index is 0.312. The van der Waals surface area contributed by atoms with E-state index in [-0.39, 0.29) is 11.9 Å². The van der Waals surface area contributed by atoms with Gasteiger partial charge in [-0.25, -0.2) is 9.59 Å². The van der Waals surface area contributed by atoms with E-state index in [0.717, 1.165) is 0 Å². The van der Waals surface area contributed by atoms with Crippen LogP contribution >= 0.6 is 0 Å². The van der Waals surface area contributed by atoms with Crippen LogP contribution in [0.5, 0.6) is 0 Å². The first kappa shape index (κ1) is 16.8. The van der Waals surface area contributed by atoms with Gasteiger partial charge in [-0.15, -0.1) is 0 Å². The molecule has 0 aliphatic rings. The molecule has 4 heteroatoms. The molecule has 0 aliphatic heterocycles. The van der Waals surface area contributed by atoms with Crippen LogP contribution in [0.2, 0.25) is 0 Å². The van der Waals surface area contributed by atoms with E-state index in [9.17, 15) is 9.59 Å². The van der Waals surface area contributed by atoms with Crippen molar-refractivity contribution in [1.29, 1.82) is 0 Å². The fourth-order valence-electron chi connectivity index (χ4n) is 0.543. The zero-order valence-electron chi connectivity index (χ0n) is 10.5. The van der Waals surface area contributed by atoms with Crippen molar-refractivity contribution in [3.63, 3.8) is 0 Å². The predicted molar refractivity (Wildman–Crippen MR) is 62.9 cm³/mol. The summed E-state index contributed by atoms with van der Waals surface area (Å²) in [4.78, 5) is 20.8. The Morgan fingerprint density at radius 2 is 1.62 bits per heavy atom. The van der Waals surface area contributed by atoms with Gasteiger partial charge in [0, 0.05) is 11.1 Å². The van der Waals surface area contributed by atoms with E-state index < -0.39 is 0 Å². The smallest absolute Gasteiger partial charge is 0.333 e. The van der Waals surface area contributed by atoms with Crippen LogP contribution in [0, 0.1) is 0 Å². The van der Waals surface area contributed by atoms with E-state index in [2.05, 4.69) is 22.6 Å². The molecule has 0 aromatic heterocycles. The van der Waals surface area contributed by atoms with Crippen LogP contribution in [0.4, 0.5) is 0 Å². The minimum atomic E-state index is -0.312. The van der Waals surface area contributed by atoms with E-state index in [4.69, 9.17) is 0 Å². The van der Waals surface area contributed by atoms with Crippen LogP contribution in [0.1, 0.15) is 27.2 Å². The van der Waals surface area contributed by atoms with Gasteiger partial charge in [-0.2, -0.15) is 0 Å². The normalized spacial score (nSPS) is 8.25. The average molecular weight is 228 g/mol. The molecular formula is C12H20O4. The Labute approximate surface area is 96.9 Å². The lowest BCUT2D eigenvalue weighted by Crippen LogP contribution is -2.03. The van der Waals surface area contributed by atoms with Gasteiger partial charge < -0.3 is 9.47 Å². The molecule has 0 aromatic rings. The highest BCUT2D eigenvalue weighted by Crippen LogP contribution is 1.96. The molecule has 0 unspecified atom stereocenters. The van der Waals surface area contributed by atoms with Gasteiger partial charge in [-0.1, -0.05) is 20.1 Å². The number of carbonyl (C=O) groups is 2. The van der Waals surface area contributed by atoms with Gasteiger partial charge in [-0.05, 0) is 20.3 Å². The molecule has 4 nitrogen and oxygen atoms in total. The first-order valence-corrected chi connectivity index (χ1v) is 4.99. The Balaban J connectivity index is 0. The van der Waals surface area contributed by atoms with Crippen molar-refractivity contribution in [2.75, 3.05) is 13.7 Å². The molecule has 16 heavy (non-hydrogen) atoms. The van der Waals surface area contributed by atoms with E-state index in [0.29, 0.717) is 24.2 Å². The second kappa shape index (κ2) is 9.96. The first-order valence-electron chi connectivity index (χ1n) is 4.99. The highest BCUT2D eigenvalue weighted by atomic mass is 16.5. The van der Waals surface area contributed by atoms with Crippen molar-refractivity contribution in [3.05, 3.63) is 24.3 Å². The fraction of sp³-hybridized carbons (Fsp3) is 0.500. The number of methoxy groups -OCH3 is 1. The fourth-order valence-corrected chi connectivity index (χ4v) is 0.543. The van der Waals surface area contributed by atoms with E-state index >= 15 is 0 Å². The maximum atomic E-state index is 10.4. The summed E-state index contributed by atoms with van der Waals surface area (Å²) in [5.41, 5.74) is 0.972. The summed E-state index contributed by atoms with van der Waals surface area (Å²) in [6.45, 7) is 12.5. The number of ether oxygens (including phenoxy) is 2. The van der Waals surface area contributed by atoms with Gasteiger partial charge in [-0.3, -0.25) is 0 Å². The number of rotatable bonds is 4. The van der Waals surface area contributed by atoms with Gasteiger partial charge in [0.25, 0.3) is 0 Å². The maximum absolute atomic E-state index is 10.4. The van der Waals surface area contributed by atoms with Crippen LogP contribution in [-0.4, -0.2) is 25.7 Å². The van der Waals surface area contributed by atoms with Gasteiger partial charge in [0.2, 0.25) is 0 Å². The highest BCUT2D eigenvalue weighted by molar-refractivity contribution is 5.87. The monoisotopic (exact) mass is 228 g/mol. The second-order valence-electron chi connectivity index (χ2n) is 2.95. The lowest BCUT2D eigenvalue weighted by atomic mass is 10.2. The molecule has 0 bridgehead atoms. The topological polar surface area (TPSA) is 52.6 Å². The van der Waals surface area contributed by atoms with Gasteiger partial charge >= 0.3 is 11.9 Å². The predicted octanol–water partition coefficient (Wildman–Crippen LogP) is 2.25. The third kappa shape index (κ3) is 8.99. The van der Waals surface area contributed by atoms with Crippen molar-refractivity contribution in [2.24, 2.45) is 0 Å². The Morgan fingerprint density at radius 3 is 1.75 bits per heavy atom. The van der Waals surface area contributed by atoms with Crippen LogP contribution in [-0.2, 0) is 19.1 Å². The Kier molecular flexibility index (Phi) is 10.5. The lowest BCUT2D eigenvalue weighted by Gasteiger charge is -1.96. The summed E-state index contributed by atoms with van der Waals surface area (Å²) in [6, 6.07) is 0. The molecule has 0 rings (SSSR count). The van der Waals surface area contributed by atoms with E-state index in [1.54, 1.807) is 13.8 Å². The Bertz CT molecular complexity index is 249. The van der Waals surface area contributed by atoms with Crippen molar-refractivity contribution in [1.82, 2.24) is 0 Å². The van der Waals surface area contributed by atoms with Gasteiger partial charge in [0.05, 0.1) is 13.7 Å². The third-order valence-electron chi connectivity index (χ3n) is 1.52. The third-order valence-corrected chi connectivity index (χ3v) is 1.52. The Morgan fingerprint density at radius 1 is 1.12 bits per heavy atom. The molecule has 0 fully saturated rings. The molecule has 0 atom stereocenters. The van der Waals surface area contributed by atoms with Crippen molar-refractivity contribution < 1.29 is 19.1 Å². The molecule has 0 aromatic carbocycles. The number of esters is 2. The van der Waals surface area contributed by atoms with Crippen LogP contribution < -0.4 is 0 Å². The van der Waals surface area contributed by atoms with Crippen molar-refractivity contribution in [3.8, 4) is 0 Å². The highest BCUT2D eigenvalue weighted by Gasteiger charge is 2.00. The van der Waals surface area contributed by atoms with Crippen LogP contribution in [0.25, 0.3) is 0 Å². The van der Waals surface area contributed by atoms with E-state index in [1.807, 2.05) is 6.92 Å². The van der Waals surface area contributed by atoms with Crippen molar-refractivity contribution >= 4 is 11.9 Å². The summed E-state index contributed by atoms with van der Waals surface area (Å²) in [5.74, 6) is -0.625. The zero-order valence-corrected chi connectivity index (χ0v) is 10.5. The number of hydrogen-bond donors (Lipinski definition) is 0. The standard InChI is InChI=1S/2C6H10O2/c1-4-5(2)6(7)8-3;1-4-8-6(7)5(2)3/h2*2,4H2,1,3H3. The molecule has 0 amide bonds. The summed E-state index contributed by atoms with van der Waals surface area (Å²) in [5, 5.41) is 0. The molecule has 0 saturated heterocycles. The van der Waals surface area contributed by atoms with Gasteiger partial charge in [0.15, 0.2) is 0 Å². The second-order valence-corrected chi connectivity index (χ2v) is 2.95. The molecule has 0 heterocycles. The minimum Gasteiger partial charge on any atom is -0.466 e. The quantitative estimate of drug-likeness (QED) is 0.547. The number of hydrogen-bond acceptors (Lipinski definition) is 4. The lowest BCUT2D eigenvalue weighted by molar-refractivity contribution is -0.138. The van der Waals surface area contributed by atoms with Gasteiger partial charge in [0.1, 0.15) is 0 Å². The molecule has 92 valence electrons. The Hall–Kier alpha value is -1.58.